The molecule has 0 bridgehead atoms. The molecule has 0 aliphatic carbocycles. The van der Waals surface area contributed by atoms with Crippen LogP contribution >= 0.6 is 23.1 Å². The number of thioether (sulfide) groups is 1. The average Bonchev–Trinajstić information content (AvgIpc) is 3.41. The van der Waals surface area contributed by atoms with Gasteiger partial charge < -0.3 is 14.1 Å². The lowest BCUT2D eigenvalue weighted by Crippen LogP contribution is -2.38. The first-order chi connectivity index (χ1) is 13.3. The van der Waals surface area contributed by atoms with Gasteiger partial charge in [0.25, 0.3) is 5.91 Å². The van der Waals surface area contributed by atoms with Crippen molar-refractivity contribution >= 4 is 50.5 Å². The fourth-order valence-electron chi connectivity index (χ4n) is 2.94. The Morgan fingerprint density at radius 1 is 1.11 bits per heavy atom. The number of nitrogens with zero attached hydrogens (tertiary/aromatic N) is 3. The van der Waals surface area contributed by atoms with Gasteiger partial charge in [-0.2, -0.15) is 4.99 Å². The molecule has 2 aliphatic heterocycles. The highest BCUT2D eigenvalue weighted by Gasteiger charge is 2.27. The molecule has 6 nitrogen and oxygen atoms in total. The van der Waals surface area contributed by atoms with Crippen molar-refractivity contribution in [1.29, 1.82) is 0 Å². The number of carbonyl (C=O) groups is 1. The maximum atomic E-state index is 12.2. The number of para-hydroxylation sites is 1. The molecular formula is C19H15N3O3S2. The highest BCUT2D eigenvalue weighted by Crippen LogP contribution is 2.34. The Hall–Kier alpha value is -2.42. The third kappa shape index (κ3) is 3.31. The Bertz CT molecular complexity index is 1040. The fourth-order valence-corrected chi connectivity index (χ4v) is 4.81. The number of carbonyl (C=O) groups excluding carboxylic acids is 1. The number of benzene rings is 1. The Labute approximate surface area is 163 Å². The van der Waals surface area contributed by atoms with E-state index in [2.05, 4.69) is 14.9 Å². The number of ether oxygens (including phenoxy) is 1. The minimum atomic E-state index is -0.223. The van der Waals surface area contributed by atoms with Crippen LogP contribution in [0.15, 0.2) is 50.7 Å². The van der Waals surface area contributed by atoms with Crippen LogP contribution in [0.5, 0.6) is 0 Å². The van der Waals surface area contributed by atoms with Gasteiger partial charge in [-0.15, -0.1) is 11.3 Å². The van der Waals surface area contributed by atoms with Crippen molar-refractivity contribution in [2.75, 3.05) is 26.3 Å². The number of morpholine rings is 1. The third-order valence-corrected chi connectivity index (χ3v) is 6.39. The summed E-state index contributed by atoms with van der Waals surface area (Å²) in [6.45, 7) is 2.84. The topological polar surface area (TPSA) is 67.9 Å². The molecule has 0 radical (unpaired) electrons. The van der Waals surface area contributed by atoms with E-state index in [4.69, 9.17) is 9.15 Å². The Kier molecular flexibility index (Phi) is 4.31. The lowest BCUT2D eigenvalue weighted by molar-refractivity contribution is -0.113. The van der Waals surface area contributed by atoms with E-state index < -0.39 is 0 Å². The number of amidine groups is 1. The first-order valence-electron chi connectivity index (χ1n) is 8.57. The maximum absolute atomic E-state index is 12.2. The molecule has 0 spiro atoms. The molecule has 1 fully saturated rings. The number of aliphatic imine (C=N–C) groups is 1. The van der Waals surface area contributed by atoms with Crippen LogP contribution in [0.2, 0.25) is 0 Å². The summed E-state index contributed by atoms with van der Waals surface area (Å²) in [5, 5.41) is 1.57. The molecule has 1 aromatic carbocycles. The molecule has 27 heavy (non-hydrogen) atoms. The van der Waals surface area contributed by atoms with Gasteiger partial charge in [0.1, 0.15) is 5.76 Å². The molecule has 136 valence electrons. The summed E-state index contributed by atoms with van der Waals surface area (Å²) in [4.78, 5) is 23.7. The van der Waals surface area contributed by atoms with Gasteiger partial charge in [0.15, 0.2) is 15.9 Å². The van der Waals surface area contributed by atoms with Crippen molar-refractivity contribution in [3.8, 4) is 10.8 Å². The fraction of sp³-hybridized carbons (Fsp3) is 0.211. The number of thiazole rings is 1. The number of aromatic nitrogens is 1. The second kappa shape index (κ2) is 6.95. The zero-order chi connectivity index (χ0) is 18.2. The van der Waals surface area contributed by atoms with E-state index in [9.17, 15) is 4.79 Å². The van der Waals surface area contributed by atoms with Crippen molar-refractivity contribution in [3.63, 3.8) is 0 Å². The van der Waals surface area contributed by atoms with Gasteiger partial charge in [-0.25, -0.2) is 4.98 Å². The minimum absolute atomic E-state index is 0.223. The number of rotatable bonds is 2. The van der Waals surface area contributed by atoms with Gasteiger partial charge >= 0.3 is 0 Å². The lowest BCUT2D eigenvalue weighted by Gasteiger charge is -2.27. The maximum Gasteiger partial charge on any atom is 0.286 e. The number of furan rings is 1. The number of fused-ring (bicyclic) bond motifs is 1. The highest BCUT2D eigenvalue weighted by molar-refractivity contribution is 8.18. The molecule has 3 aromatic rings. The molecule has 1 saturated heterocycles. The molecule has 0 atom stereocenters. The molecule has 0 N–H and O–H groups in total. The summed E-state index contributed by atoms with van der Waals surface area (Å²) in [5.41, 5.74) is 0.957. The summed E-state index contributed by atoms with van der Waals surface area (Å²) >= 11 is 2.98. The summed E-state index contributed by atoms with van der Waals surface area (Å²) in [6, 6.07) is 11.7. The van der Waals surface area contributed by atoms with E-state index in [1.807, 2.05) is 36.4 Å². The van der Waals surface area contributed by atoms with Crippen LogP contribution in [-0.4, -0.2) is 47.3 Å². The smallest absolute Gasteiger partial charge is 0.286 e. The SMILES string of the molecule is O=C1N=C(N2CCOCC2)S/C1=C\c1ccc(-c2nc3ccccc3s2)o1. The zero-order valence-corrected chi connectivity index (χ0v) is 15.9. The second-order valence-corrected chi connectivity index (χ2v) is 8.14. The van der Waals surface area contributed by atoms with Crippen LogP contribution in [0.3, 0.4) is 0 Å². The highest BCUT2D eigenvalue weighted by atomic mass is 32.2. The van der Waals surface area contributed by atoms with E-state index in [0.29, 0.717) is 29.6 Å². The van der Waals surface area contributed by atoms with E-state index in [0.717, 1.165) is 33.5 Å². The van der Waals surface area contributed by atoms with Crippen molar-refractivity contribution in [2.24, 2.45) is 4.99 Å². The standard InChI is InChI=1S/C19H15N3O3S2/c23-17-16(27-19(21-17)22-7-9-24-10-8-22)11-12-5-6-14(25-12)18-20-13-3-1-2-4-15(13)26-18/h1-6,11H,7-10H2/b16-11-. The molecule has 5 rings (SSSR count). The van der Waals surface area contributed by atoms with Crippen molar-refractivity contribution in [3.05, 3.63) is 47.1 Å². The molecule has 2 aromatic heterocycles. The average molecular weight is 397 g/mol. The molecule has 4 heterocycles. The molecule has 2 aliphatic rings. The molecular weight excluding hydrogens is 382 g/mol. The first kappa shape index (κ1) is 16.7. The van der Waals surface area contributed by atoms with Crippen molar-refractivity contribution in [2.45, 2.75) is 0 Å². The van der Waals surface area contributed by atoms with Gasteiger partial charge in [-0.1, -0.05) is 12.1 Å². The normalized spacial score (nSPS) is 19.3. The summed E-state index contributed by atoms with van der Waals surface area (Å²) in [6.07, 6.45) is 1.75. The van der Waals surface area contributed by atoms with E-state index in [-0.39, 0.29) is 5.91 Å². The molecule has 0 saturated carbocycles. The largest absolute Gasteiger partial charge is 0.454 e. The second-order valence-electron chi connectivity index (χ2n) is 6.10. The van der Waals surface area contributed by atoms with Crippen LogP contribution in [0.25, 0.3) is 27.1 Å². The van der Waals surface area contributed by atoms with Gasteiger partial charge in [0.2, 0.25) is 0 Å². The van der Waals surface area contributed by atoms with E-state index >= 15 is 0 Å². The quantitative estimate of drug-likeness (QED) is 0.612. The van der Waals surface area contributed by atoms with Crippen LogP contribution in [-0.2, 0) is 9.53 Å². The minimum Gasteiger partial charge on any atom is -0.454 e. The van der Waals surface area contributed by atoms with Gasteiger partial charge in [-0.3, -0.25) is 4.79 Å². The summed E-state index contributed by atoms with van der Waals surface area (Å²) in [7, 11) is 0. The first-order valence-corrected chi connectivity index (χ1v) is 10.2. The van der Waals surface area contributed by atoms with Gasteiger partial charge in [0, 0.05) is 19.2 Å². The molecule has 1 amide bonds. The van der Waals surface area contributed by atoms with Crippen LogP contribution in [0.4, 0.5) is 0 Å². The Morgan fingerprint density at radius 2 is 1.96 bits per heavy atom. The van der Waals surface area contributed by atoms with Crippen LogP contribution < -0.4 is 0 Å². The number of hydrogen-bond donors (Lipinski definition) is 0. The van der Waals surface area contributed by atoms with Gasteiger partial charge in [0.05, 0.1) is 28.3 Å². The van der Waals surface area contributed by atoms with E-state index in [1.165, 1.54) is 11.8 Å². The number of hydrogen-bond acceptors (Lipinski definition) is 7. The summed E-state index contributed by atoms with van der Waals surface area (Å²) in [5.74, 6) is 1.10. The van der Waals surface area contributed by atoms with Gasteiger partial charge in [-0.05, 0) is 36.0 Å². The molecule has 0 unspecified atom stereocenters. The Balaban J connectivity index is 1.36. The predicted octanol–water partition coefficient (Wildman–Crippen LogP) is 3.86. The van der Waals surface area contributed by atoms with Crippen molar-refractivity contribution in [1.82, 2.24) is 9.88 Å². The predicted molar refractivity (Wildman–Crippen MR) is 108 cm³/mol. The number of amides is 1. The van der Waals surface area contributed by atoms with Crippen molar-refractivity contribution < 1.29 is 13.9 Å². The lowest BCUT2D eigenvalue weighted by atomic mass is 10.3. The zero-order valence-electron chi connectivity index (χ0n) is 14.3. The van der Waals surface area contributed by atoms with E-state index in [1.54, 1.807) is 17.4 Å². The summed E-state index contributed by atoms with van der Waals surface area (Å²) < 4.78 is 12.4. The third-order valence-electron chi connectivity index (χ3n) is 4.30. The van der Waals surface area contributed by atoms with Crippen LogP contribution in [0, 0.1) is 0 Å². The monoisotopic (exact) mass is 397 g/mol. The Morgan fingerprint density at radius 3 is 2.81 bits per heavy atom. The van der Waals surface area contributed by atoms with Crippen LogP contribution in [0.1, 0.15) is 5.76 Å². The molecule has 8 heteroatoms.